The number of carboxylic acid groups (broad SMARTS) is 1. The Morgan fingerprint density at radius 2 is 2.21 bits per heavy atom. The van der Waals surface area contributed by atoms with Crippen LogP contribution in [0.4, 0.5) is 4.79 Å². The van der Waals surface area contributed by atoms with Gasteiger partial charge in [-0.25, -0.2) is 9.59 Å². The first-order valence-corrected chi connectivity index (χ1v) is 8.10. The van der Waals surface area contributed by atoms with Crippen LogP contribution in [0.1, 0.15) is 39.5 Å². The van der Waals surface area contributed by atoms with E-state index in [1.54, 1.807) is 11.8 Å². The Labute approximate surface area is 118 Å². The van der Waals surface area contributed by atoms with E-state index in [-0.39, 0.29) is 12.1 Å². The van der Waals surface area contributed by atoms with Crippen molar-refractivity contribution in [1.29, 1.82) is 0 Å². The number of thioether (sulfide) groups is 1. The zero-order valence-corrected chi connectivity index (χ0v) is 12.7. The summed E-state index contributed by atoms with van der Waals surface area (Å²) < 4.78 is 0. The van der Waals surface area contributed by atoms with Crippen molar-refractivity contribution in [2.24, 2.45) is 5.92 Å². The molecule has 1 rings (SSSR count). The Hall–Kier alpha value is -0.910. The number of hydrogen-bond acceptors (Lipinski definition) is 3. The van der Waals surface area contributed by atoms with Crippen molar-refractivity contribution in [2.75, 3.05) is 12.0 Å². The first kappa shape index (κ1) is 16.1. The number of carboxylic acids is 1. The van der Waals surface area contributed by atoms with E-state index in [1.165, 1.54) is 0 Å². The van der Waals surface area contributed by atoms with Gasteiger partial charge in [0, 0.05) is 11.8 Å². The summed E-state index contributed by atoms with van der Waals surface area (Å²) >= 11 is 1.64. The largest absolute Gasteiger partial charge is 0.480 e. The van der Waals surface area contributed by atoms with Crippen molar-refractivity contribution in [1.82, 2.24) is 10.6 Å². The molecular weight excluding hydrogens is 264 g/mol. The van der Waals surface area contributed by atoms with E-state index in [4.69, 9.17) is 0 Å². The lowest BCUT2D eigenvalue weighted by Gasteiger charge is -2.37. The van der Waals surface area contributed by atoms with Gasteiger partial charge < -0.3 is 15.7 Å². The molecule has 0 aromatic heterocycles. The van der Waals surface area contributed by atoms with Crippen molar-refractivity contribution in [2.45, 2.75) is 51.1 Å². The Balaban J connectivity index is 2.63. The zero-order chi connectivity index (χ0) is 14.5. The van der Waals surface area contributed by atoms with Gasteiger partial charge in [-0.05, 0) is 31.9 Å². The molecule has 1 aliphatic carbocycles. The van der Waals surface area contributed by atoms with Crippen LogP contribution in [0.3, 0.4) is 0 Å². The minimum Gasteiger partial charge on any atom is -0.480 e. The molecule has 0 spiro atoms. The van der Waals surface area contributed by atoms with Gasteiger partial charge in [-0.3, -0.25) is 0 Å². The van der Waals surface area contributed by atoms with Gasteiger partial charge in [-0.15, -0.1) is 0 Å². The monoisotopic (exact) mass is 288 g/mol. The molecule has 1 aliphatic rings. The quantitative estimate of drug-likeness (QED) is 0.723. The van der Waals surface area contributed by atoms with E-state index in [1.807, 2.05) is 20.1 Å². The number of aliphatic carboxylic acids is 1. The molecule has 0 heterocycles. The van der Waals surface area contributed by atoms with Crippen LogP contribution < -0.4 is 10.6 Å². The third kappa shape index (κ3) is 4.60. The Morgan fingerprint density at radius 1 is 1.53 bits per heavy atom. The molecule has 0 aromatic carbocycles. The molecule has 2 amide bonds. The molecular formula is C13H24N2O3S. The second-order valence-corrected chi connectivity index (χ2v) is 6.45. The summed E-state index contributed by atoms with van der Waals surface area (Å²) in [6.45, 7) is 3.94. The molecule has 5 nitrogen and oxygen atoms in total. The molecule has 6 heteroatoms. The van der Waals surface area contributed by atoms with Crippen LogP contribution >= 0.6 is 11.8 Å². The molecule has 110 valence electrons. The highest BCUT2D eigenvalue weighted by Crippen LogP contribution is 2.32. The minimum atomic E-state index is -1.10. The SMILES string of the molecule is CSCC(C)NC(=O)NC1(C(=O)O)CCCC(C)C1. The number of carbonyl (C=O) groups excluding carboxylic acids is 1. The Morgan fingerprint density at radius 3 is 2.74 bits per heavy atom. The van der Waals surface area contributed by atoms with Crippen molar-refractivity contribution < 1.29 is 14.7 Å². The predicted molar refractivity (Wildman–Crippen MR) is 77.5 cm³/mol. The maximum atomic E-state index is 11.9. The summed E-state index contributed by atoms with van der Waals surface area (Å²) in [5, 5.41) is 14.9. The molecule has 1 fully saturated rings. The first-order valence-electron chi connectivity index (χ1n) is 6.70. The number of rotatable bonds is 5. The smallest absolute Gasteiger partial charge is 0.329 e. The standard InChI is InChI=1S/C13H24N2O3S/c1-9-5-4-6-13(7-9,11(16)17)15-12(18)14-10(2)8-19-3/h9-10H,4-8H2,1-3H3,(H,16,17)(H2,14,15,18). The second kappa shape index (κ2) is 7.03. The van der Waals surface area contributed by atoms with Crippen molar-refractivity contribution in [3.8, 4) is 0 Å². The number of amides is 2. The molecule has 3 unspecified atom stereocenters. The fraction of sp³-hybridized carbons (Fsp3) is 0.846. The van der Waals surface area contributed by atoms with E-state index in [2.05, 4.69) is 10.6 Å². The highest BCUT2D eigenvalue weighted by molar-refractivity contribution is 7.98. The van der Waals surface area contributed by atoms with Gasteiger partial charge in [-0.2, -0.15) is 11.8 Å². The van der Waals surface area contributed by atoms with Crippen LogP contribution in [0.15, 0.2) is 0 Å². The Kier molecular flexibility index (Phi) is 5.97. The molecule has 0 aliphatic heterocycles. The van der Waals surface area contributed by atoms with Gasteiger partial charge in [0.1, 0.15) is 5.54 Å². The van der Waals surface area contributed by atoms with Crippen LogP contribution in [0.5, 0.6) is 0 Å². The average molecular weight is 288 g/mol. The average Bonchev–Trinajstić information content (AvgIpc) is 2.28. The van der Waals surface area contributed by atoms with E-state index < -0.39 is 11.5 Å². The van der Waals surface area contributed by atoms with Gasteiger partial charge in [0.05, 0.1) is 0 Å². The van der Waals surface area contributed by atoms with Crippen LogP contribution in [0.2, 0.25) is 0 Å². The van der Waals surface area contributed by atoms with E-state index in [9.17, 15) is 14.7 Å². The predicted octanol–water partition coefficient (Wildman–Crippen LogP) is 2.07. The molecule has 0 saturated heterocycles. The van der Waals surface area contributed by atoms with E-state index >= 15 is 0 Å². The summed E-state index contributed by atoms with van der Waals surface area (Å²) in [6.07, 6.45) is 4.86. The van der Waals surface area contributed by atoms with Crippen LogP contribution in [-0.2, 0) is 4.79 Å². The van der Waals surface area contributed by atoms with Gasteiger partial charge in [-0.1, -0.05) is 19.8 Å². The molecule has 0 radical (unpaired) electrons. The number of urea groups is 1. The van der Waals surface area contributed by atoms with Gasteiger partial charge in [0.25, 0.3) is 0 Å². The highest BCUT2D eigenvalue weighted by Gasteiger charge is 2.43. The highest BCUT2D eigenvalue weighted by atomic mass is 32.2. The fourth-order valence-corrected chi connectivity index (χ4v) is 3.26. The third-order valence-corrected chi connectivity index (χ3v) is 4.39. The summed E-state index contributed by atoms with van der Waals surface area (Å²) in [5.74, 6) is 0.213. The summed E-state index contributed by atoms with van der Waals surface area (Å²) in [6, 6.07) is -0.347. The van der Waals surface area contributed by atoms with Gasteiger partial charge in [0.2, 0.25) is 0 Å². The zero-order valence-electron chi connectivity index (χ0n) is 11.9. The van der Waals surface area contributed by atoms with Gasteiger partial charge in [0.15, 0.2) is 0 Å². The van der Waals surface area contributed by atoms with Crippen molar-refractivity contribution in [3.63, 3.8) is 0 Å². The van der Waals surface area contributed by atoms with E-state index in [0.717, 1.165) is 18.6 Å². The lowest BCUT2D eigenvalue weighted by molar-refractivity contribution is -0.146. The van der Waals surface area contributed by atoms with Crippen LogP contribution in [0.25, 0.3) is 0 Å². The van der Waals surface area contributed by atoms with Crippen LogP contribution in [-0.4, -0.2) is 40.7 Å². The number of carbonyl (C=O) groups is 2. The van der Waals surface area contributed by atoms with E-state index in [0.29, 0.717) is 18.8 Å². The topological polar surface area (TPSA) is 78.4 Å². The van der Waals surface area contributed by atoms with Gasteiger partial charge >= 0.3 is 12.0 Å². The molecule has 0 aromatic rings. The molecule has 1 saturated carbocycles. The molecule has 3 N–H and O–H groups in total. The Bertz CT molecular complexity index is 338. The summed E-state index contributed by atoms with van der Waals surface area (Å²) in [4.78, 5) is 23.4. The normalized spacial score (nSPS) is 28.5. The maximum absolute atomic E-state index is 11.9. The van der Waals surface area contributed by atoms with Crippen LogP contribution in [0, 0.1) is 5.92 Å². The first-order chi connectivity index (χ1) is 8.89. The molecule has 3 atom stereocenters. The number of hydrogen-bond donors (Lipinski definition) is 3. The lowest BCUT2D eigenvalue weighted by Crippen LogP contribution is -2.60. The molecule has 0 bridgehead atoms. The lowest BCUT2D eigenvalue weighted by atomic mass is 9.76. The third-order valence-electron chi connectivity index (χ3n) is 3.55. The maximum Gasteiger partial charge on any atom is 0.329 e. The molecule has 19 heavy (non-hydrogen) atoms. The van der Waals surface area contributed by atoms with Crippen molar-refractivity contribution >= 4 is 23.8 Å². The fourth-order valence-electron chi connectivity index (χ4n) is 2.68. The summed E-state index contributed by atoms with van der Waals surface area (Å²) in [5.41, 5.74) is -1.10. The number of nitrogens with one attached hydrogen (secondary N) is 2. The minimum absolute atomic E-state index is 0.0295. The van der Waals surface area contributed by atoms with Crippen molar-refractivity contribution in [3.05, 3.63) is 0 Å². The second-order valence-electron chi connectivity index (χ2n) is 5.54. The summed E-state index contributed by atoms with van der Waals surface area (Å²) in [7, 11) is 0.